The van der Waals surface area contributed by atoms with E-state index in [4.69, 9.17) is 5.11 Å². The third kappa shape index (κ3) is 4.33. The summed E-state index contributed by atoms with van der Waals surface area (Å²) in [7, 11) is -3.63. The summed E-state index contributed by atoms with van der Waals surface area (Å²) in [5.41, 5.74) is 0.550. The van der Waals surface area contributed by atoms with Gasteiger partial charge < -0.3 is 5.11 Å². The van der Waals surface area contributed by atoms with E-state index in [0.29, 0.717) is 12.1 Å². The van der Waals surface area contributed by atoms with Gasteiger partial charge >= 0.3 is 5.97 Å². The molecule has 2 N–H and O–H groups in total. The minimum Gasteiger partial charge on any atom is -0.478 e. The van der Waals surface area contributed by atoms with Gasteiger partial charge in [-0.05, 0) is 31.0 Å². The highest BCUT2D eigenvalue weighted by Gasteiger charge is 2.16. The van der Waals surface area contributed by atoms with Gasteiger partial charge in [0.25, 0.3) is 0 Å². The Balaban J connectivity index is 2.89. The molecule has 0 aliphatic heterocycles. The van der Waals surface area contributed by atoms with Crippen LogP contribution in [0.2, 0.25) is 0 Å². The van der Waals surface area contributed by atoms with E-state index in [1.54, 1.807) is 6.92 Å². The largest absolute Gasteiger partial charge is 0.478 e. The average molecular weight is 285 g/mol. The average Bonchev–Trinajstić information content (AvgIpc) is 2.34. The lowest BCUT2D eigenvalue weighted by atomic mass is 10.1. The molecule has 0 amide bonds. The van der Waals surface area contributed by atoms with E-state index in [2.05, 4.69) is 4.72 Å². The van der Waals surface area contributed by atoms with E-state index in [0.717, 1.165) is 19.3 Å². The molecule has 0 spiro atoms. The van der Waals surface area contributed by atoms with Gasteiger partial charge in [-0.15, -0.1) is 0 Å². The Bertz CT molecular complexity index is 552. The molecule has 0 saturated heterocycles. The van der Waals surface area contributed by atoms with Gasteiger partial charge in [-0.25, -0.2) is 17.9 Å². The van der Waals surface area contributed by atoms with Crippen molar-refractivity contribution in [1.82, 2.24) is 4.72 Å². The van der Waals surface area contributed by atoms with Gasteiger partial charge in [0.1, 0.15) is 0 Å². The van der Waals surface area contributed by atoms with Crippen LogP contribution >= 0.6 is 0 Å². The van der Waals surface area contributed by atoms with E-state index < -0.39 is 16.0 Å². The van der Waals surface area contributed by atoms with E-state index in [1.165, 1.54) is 18.2 Å². The molecule has 1 aromatic rings. The standard InChI is InChI=1S/C13H19NO4S/c1-3-4-5-8-14-19(17,18)11-7-6-10(2)12(9-11)13(15)16/h6-7,9,14H,3-5,8H2,1-2H3,(H,15,16). The molecule has 0 radical (unpaired) electrons. The molecular formula is C13H19NO4S. The van der Waals surface area contributed by atoms with Crippen LogP contribution in [0.5, 0.6) is 0 Å². The van der Waals surface area contributed by atoms with Crippen LogP contribution in [-0.4, -0.2) is 26.0 Å². The second kappa shape index (κ2) is 6.68. The van der Waals surface area contributed by atoms with Crippen LogP contribution in [0.4, 0.5) is 0 Å². The quantitative estimate of drug-likeness (QED) is 0.752. The molecule has 1 rings (SSSR count). The maximum absolute atomic E-state index is 12.0. The van der Waals surface area contributed by atoms with Gasteiger partial charge in [0.2, 0.25) is 10.0 Å². The predicted octanol–water partition coefficient (Wildman–Crippen LogP) is 2.16. The molecule has 19 heavy (non-hydrogen) atoms. The number of rotatable bonds is 7. The number of hydrogen-bond donors (Lipinski definition) is 2. The Morgan fingerprint density at radius 2 is 2.00 bits per heavy atom. The lowest BCUT2D eigenvalue weighted by molar-refractivity contribution is 0.0696. The zero-order valence-electron chi connectivity index (χ0n) is 11.1. The van der Waals surface area contributed by atoms with E-state index >= 15 is 0 Å². The van der Waals surface area contributed by atoms with Crippen molar-refractivity contribution in [2.75, 3.05) is 6.54 Å². The maximum atomic E-state index is 12.0. The number of nitrogens with one attached hydrogen (secondary N) is 1. The second-order valence-corrected chi connectivity index (χ2v) is 6.15. The summed E-state index contributed by atoms with van der Waals surface area (Å²) in [6.07, 6.45) is 2.74. The lowest BCUT2D eigenvalue weighted by Gasteiger charge is -2.08. The summed E-state index contributed by atoms with van der Waals surface area (Å²) in [6, 6.07) is 4.12. The van der Waals surface area contributed by atoms with E-state index in [-0.39, 0.29) is 10.5 Å². The molecular weight excluding hydrogens is 266 g/mol. The summed E-state index contributed by atoms with van der Waals surface area (Å²) in [5.74, 6) is -1.12. The smallest absolute Gasteiger partial charge is 0.335 e. The minimum atomic E-state index is -3.63. The molecule has 0 aromatic heterocycles. The Labute approximate surface area is 113 Å². The van der Waals surface area contributed by atoms with Crippen molar-refractivity contribution in [3.8, 4) is 0 Å². The van der Waals surface area contributed by atoms with Crippen LogP contribution in [0.25, 0.3) is 0 Å². The molecule has 106 valence electrons. The first-order valence-electron chi connectivity index (χ1n) is 6.22. The van der Waals surface area contributed by atoms with Crippen molar-refractivity contribution in [2.24, 2.45) is 0 Å². The Hall–Kier alpha value is -1.40. The van der Waals surface area contributed by atoms with Gasteiger partial charge in [-0.2, -0.15) is 0 Å². The van der Waals surface area contributed by atoms with Gasteiger partial charge in [0.15, 0.2) is 0 Å². The first kappa shape index (κ1) is 15.7. The normalized spacial score (nSPS) is 11.5. The van der Waals surface area contributed by atoms with Crippen LogP contribution in [0.1, 0.15) is 42.1 Å². The van der Waals surface area contributed by atoms with E-state index in [1.807, 2.05) is 6.92 Å². The molecule has 0 bridgehead atoms. The van der Waals surface area contributed by atoms with Gasteiger partial charge in [-0.3, -0.25) is 0 Å². The highest BCUT2D eigenvalue weighted by Crippen LogP contribution is 2.15. The zero-order chi connectivity index (χ0) is 14.5. The van der Waals surface area contributed by atoms with Crippen molar-refractivity contribution in [1.29, 1.82) is 0 Å². The van der Waals surface area contributed by atoms with Crippen LogP contribution in [0.3, 0.4) is 0 Å². The van der Waals surface area contributed by atoms with Crippen LogP contribution in [0.15, 0.2) is 23.1 Å². The minimum absolute atomic E-state index is 0.00741. The van der Waals surface area contributed by atoms with Gasteiger partial charge in [0.05, 0.1) is 10.5 Å². The van der Waals surface area contributed by atoms with Crippen molar-refractivity contribution >= 4 is 16.0 Å². The number of unbranched alkanes of at least 4 members (excludes halogenated alkanes) is 2. The summed E-state index contributed by atoms with van der Waals surface area (Å²) in [5, 5.41) is 8.99. The summed E-state index contributed by atoms with van der Waals surface area (Å²) >= 11 is 0. The molecule has 0 atom stereocenters. The number of aromatic carboxylic acids is 1. The van der Waals surface area contributed by atoms with Crippen molar-refractivity contribution in [3.63, 3.8) is 0 Å². The Morgan fingerprint density at radius 1 is 1.32 bits per heavy atom. The van der Waals surface area contributed by atoms with Crippen LogP contribution in [-0.2, 0) is 10.0 Å². The number of aryl methyl sites for hydroxylation is 1. The lowest BCUT2D eigenvalue weighted by Crippen LogP contribution is -2.25. The second-order valence-electron chi connectivity index (χ2n) is 4.39. The number of hydrogen-bond acceptors (Lipinski definition) is 3. The Morgan fingerprint density at radius 3 is 2.58 bits per heavy atom. The van der Waals surface area contributed by atoms with Crippen molar-refractivity contribution in [3.05, 3.63) is 29.3 Å². The van der Waals surface area contributed by atoms with Gasteiger partial charge in [0, 0.05) is 6.54 Å². The number of carboxylic acid groups (broad SMARTS) is 1. The molecule has 0 fully saturated rings. The summed E-state index contributed by atoms with van der Waals surface area (Å²) < 4.78 is 26.4. The molecule has 6 heteroatoms. The fourth-order valence-electron chi connectivity index (χ4n) is 1.66. The van der Waals surface area contributed by atoms with Crippen molar-refractivity contribution in [2.45, 2.75) is 38.0 Å². The highest BCUT2D eigenvalue weighted by atomic mass is 32.2. The van der Waals surface area contributed by atoms with Crippen LogP contribution in [0, 0.1) is 6.92 Å². The third-order valence-electron chi connectivity index (χ3n) is 2.82. The zero-order valence-corrected chi connectivity index (χ0v) is 12.0. The fraction of sp³-hybridized carbons (Fsp3) is 0.462. The predicted molar refractivity (Wildman–Crippen MR) is 72.9 cm³/mol. The number of carboxylic acids is 1. The summed E-state index contributed by atoms with van der Waals surface area (Å²) in [6.45, 7) is 4.04. The molecule has 0 saturated carbocycles. The van der Waals surface area contributed by atoms with Gasteiger partial charge in [-0.1, -0.05) is 25.8 Å². The third-order valence-corrected chi connectivity index (χ3v) is 4.28. The maximum Gasteiger partial charge on any atom is 0.335 e. The molecule has 0 heterocycles. The number of sulfonamides is 1. The Kier molecular flexibility index (Phi) is 5.50. The van der Waals surface area contributed by atoms with Crippen LogP contribution < -0.4 is 4.72 Å². The highest BCUT2D eigenvalue weighted by molar-refractivity contribution is 7.89. The number of benzene rings is 1. The first-order chi connectivity index (χ1) is 8.88. The van der Waals surface area contributed by atoms with Crippen molar-refractivity contribution < 1.29 is 18.3 Å². The molecule has 0 unspecified atom stereocenters. The first-order valence-corrected chi connectivity index (χ1v) is 7.70. The topological polar surface area (TPSA) is 83.5 Å². The molecule has 0 aliphatic rings. The molecule has 1 aromatic carbocycles. The molecule has 5 nitrogen and oxygen atoms in total. The summed E-state index contributed by atoms with van der Waals surface area (Å²) in [4.78, 5) is 11.0. The monoisotopic (exact) mass is 285 g/mol. The SMILES string of the molecule is CCCCCNS(=O)(=O)c1ccc(C)c(C(=O)O)c1. The molecule has 0 aliphatic carbocycles. The number of carbonyl (C=O) groups is 1. The van der Waals surface area contributed by atoms with E-state index in [9.17, 15) is 13.2 Å². The fourth-order valence-corrected chi connectivity index (χ4v) is 2.76.